The van der Waals surface area contributed by atoms with Crippen LogP contribution in [0, 0.1) is 5.92 Å². The molecule has 2 aromatic heterocycles. The Morgan fingerprint density at radius 2 is 1.96 bits per heavy atom. The molecule has 1 fully saturated rings. The molecule has 1 saturated heterocycles. The van der Waals surface area contributed by atoms with Crippen LogP contribution in [-0.4, -0.2) is 41.1 Å². The van der Waals surface area contributed by atoms with Gasteiger partial charge in [-0.25, -0.2) is 9.97 Å². The van der Waals surface area contributed by atoms with Crippen molar-refractivity contribution in [3.05, 3.63) is 47.9 Å². The Balaban J connectivity index is 1.37. The first kappa shape index (κ1) is 18.4. The van der Waals surface area contributed by atoms with Gasteiger partial charge in [0.15, 0.2) is 5.65 Å². The lowest BCUT2D eigenvalue weighted by Crippen LogP contribution is -2.38. The number of aromatic nitrogens is 3. The summed E-state index contributed by atoms with van der Waals surface area (Å²) in [7, 11) is 1.56. The second kappa shape index (κ2) is 7.98. The van der Waals surface area contributed by atoms with Crippen molar-refractivity contribution in [2.24, 2.45) is 5.92 Å². The minimum atomic E-state index is -0.0367. The summed E-state index contributed by atoms with van der Waals surface area (Å²) in [6, 6.07) is 7.24. The highest BCUT2D eigenvalue weighted by Crippen LogP contribution is 2.29. The monoisotopic (exact) mass is 397 g/mol. The van der Waals surface area contributed by atoms with Crippen molar-refractivity contribution in [3.63, 3.8) is 0 Å². The number of hydrogen-bond acceptors (Lipinski definition) is 6. The lowest BCUT2D eigenvalue weighted by molar-refractivity contribution is -0.120. The van der Waals surface area contributed by atoms with E-state index in [1.54, 1.807) is 37.7 Å². The molecule has 3 aromatic rings. The summed E-state index contributed by atoms with van der Waals surface area (Å²) in [5.74, 6) is 0.565. The number of rotatable bonds is 4. The normalized spacial score (nSPS) is 14.9. The SMILES string of the molecule is COc1ccc(NC(=O)C2CCN(c3cnc4nccnc4c3)CC2)cc1Cl. The fourth-order valence-corrected chi connectivity index (χ4v) is 3.67. The Kier molecular flexibility index (Phi) is 5.25. The lowest BCUT2D eigenvalue weighted by atomic mass is 9.95. The number of pyridine rings is 1. The molecule has 28 heavy (non-hydrogen) atoms. The van der Waals surface area contributed by atoms with E-state index < -0.39 is 0 Å². The van der Waals surface area contributed by atoms with Crippen LogP contribution in [0.1, 0.15) is 12.8 Å². The number of carbonyl (C=O) groups is 1. The van der Waals surface area contributed by atoms with Gasteiger partial charge in [-0.1, -0.05) is 11.6 Å². The molecule has 3 heterocycles. The summed E-state index contributed by atoms with van der Waals surface area (Å²) >= 11 is 6.13. The van der Waals surface area contributed by atoms with E-state index >= 15 is 0 Å². The molecule has 1 aliphatic heterocycles. The summed E-state index contributed by atoms with van der Waals surface area (Å²) in [5, 5.41) is 3.43. The number of ether oxygens (including phenoxy) is 1. The molecule has 0 aliphatic carbocycles. The maximum atomic E-state index is 12.6. The number of benzene rings is 1. The average Bonchev–Trinajstić information content (AvgIpc) is 2.73. The van der Waals surface area contributed by atoms with Crippen LogP contribution in [0.5, 0.6) is 5.75 Å². The highest BCUT2D eigenvalue weighted by molar-refractivity contribution is 6.32. The van der Waals surface area contributed by atoms with Crippen LogP contribution in [0.3, 0.4) is 0 Å². The summed E-state index contributed by atoms with van der Waals surface area (Å²) < 4.78 is 5.14. The van der Waals surface area contributed by atoms with E-state index in [2.05, 4.69) is 25.2 Å². The van der Waals surface area contributed by atoms with E-state index in [4.69, 9.17) is 16.3 Å². The van der Waals surface area contributed by atoms with Gasteiger partial charge < -0.3 is 15.0 Å². The van der Waals surface area contributed by atoms with Crippen molar-refractivity contribution in [1.82, 2.24) is 15.0 Å². The highest BCUT2D eigenvalue weighted by atomic mass is 35.5. The number of halogens is 1. The molecule has 0 radical (unpaired) electrons. The van der Waals surface area contributed by atoms with Crippen molar-refractivity contribution in [2.45, 2.75) is 12.8 Å². The third kappa shape index (κ3) is 3.84. The molecule has 1 N–H and O–H groups in total. The van der Waals surface area contributed by atoms with Gasteiger partial charge in [-0.2, -0.15) is 0 Å². The first-order valence-corrected chi connectivity index (χ1v) is 9.48. The Morgan fingerprint density at radius 1 is 1.18 bits per heavy atom. The van der Waals surface area contributed by atoms with E-state index in [0.717, 1.165) is 37.1 Å². The van der Waals surface area contributed by atoms with Crippen LogP contribution >= 0.6 is 11.6 Å². The van der Waals surface area contributed by atoms with Crippen LogP contribution < -0.4 is 15.0 Å². The number of fused-ring (bicyclic) bond motifs is 1. The van der Waals surface area contributed by atoms with E-state index in [0.29, 0.717) is 22.1 Å². The minimum absolute atomic E-state index is 0.0170. The second-order valence-corrected chi connectivity index (χ2v) is 7.10. The number of nitrogens with zero attached hydrogens (tertiary/aromatic N) is 4. The zero-order valence-electron chi connectivity index (χ0n) is 15.4. The number of anilines is 2. The number of amides is 1. The van der Waals surface area contributed by atoms with Crippen LogP contribution in [-0.2, 0) is 4.79 Å². The zero-order chi connectivity index (χ0) is 19.5. The van der Waals surface area contributed by atoms with E-state index in [1.165, 1.54) is 0 Å². The number of nitrogens with one attached hydrogen (secondary N) is 1. The van der Waals surface area contributed by atoms with Gasteiger partial charge in [-0.15, -0.1) is 0 Å². The molecule has 0 atom stereocenters. The molecule has 0 unspecified atom stereocenters. The molecular formula is C20H20ClN5O2. The van der Waals surface area contributed by atoms with E-state index in [1.807, 2.05) is 12.3 Å². The van der Waals surface area contributed by atoms with E-state index in [9.17, 15) is 4.79 Å². The molecule has 4 rings (SSSR count). The van der Waals surface area contributed by atoms with Crippen LogP contribution in [0.15, 0.2) is 42.9 Å². The number of methoxy groups -OCH3 is 1. The zero-order valence-corrected chi connectivity index (χ0v) is 16.2. The lowest BCUT2D eigenvalue weighted by Gasteiger charge is -2.32. The molecular weight excluding hydrogens is 378 g/mol. The predicted molar refractivity (Wildman–Crippen MR) is 109 cm³/mol. The topological polar surface area (TPSA) is 80.2 Å². The smallest absolute Gasteiger partial charge is 0.227 e. The standard InChI is InChI=1S/C20H20ClN5O2/c1-28-18-3-2-14(10-16(18)21)25-20(27)13-4-8-26(9-5-13)15-11-17-19(24-12-15)23-7-6-22-17/h2-3,6-7,10-13H,4-5,8-9H2,1H3,(H,25,27). The number of hydrogen-bond donors (Lipinski definition) is 1. The van der Waals surface area contributed by atoms with Crippen molar-refractivity contribution in [3.8, 4) is 5.75 Å². The molecule has 1 aromatic carbocycles. The van der Waals surface area contributed by atoms with Crippen LogP contribution in [0.2, 0.25) is 5.02 Å². The Morgan fingerprint density at radius 3 is 2.71 bits per heavy atom. The summed E-state index contributed by atoms with van der Waals surface area (Å²) in [4.78, 5) is 27.7. The first-order valence-electron chi connectivity index (χ1n) is 9.10. The van der Waals surface area contributed by atoms with Gasteiger partial charge in [-0.3, -0.25) is 9.78 Å². The molecule has 0 spiro atoms. The molecule has 1 amide bonds. The van der Waals surface area contributed by atoms with Crippen LogP contribution in [0.25, 0.3) is 11.2 Å². The molecule has 144 valence electrons. The Bertz CT molecular complexity index is 1000. The van der Waals surface area contributed by atoms with Gasteiger partial charge in [0.25, 0.3) is 0 Å². The average molecular weight is 398 g/mol. The molecule has 8 heteroatoms. The van der Waals surface area contributed by atoms with Gasteiger partial charge in [0, 0.05) is 37.1 Å². The van der Waals surface area contributed by atoms with Gasteiger partial charge in [-0.05, 0) is 37.1 Å². The molecule has 7 nitrogen and oxygen atoms in total. The van der Waals surface area contributed by atoms with Crippen LogP contribution in [0.4, 0.5) is 11.4 Å². The third-order valence-corrected chi connectivity index (χ3v) is 5.26. The maximum Gasteiger partial charge on any atom is 0.227 e. The summed E-state index contributed by atoms with van der Waals surface area (Å²) in [6.45, 7) is 1.57. The van der Waals surface area contributed by atoms with E-state index in [-0.39, 0.29) is 11.8 Å². The Labute approximate surface area is 167 Å². The Hall–Kier alpha value is -2.93. The highest BCUT2D eigenvalue weighted by Gasteiger charge is 2.25. The molecule has 0 bridgehead atoms. The minimum Gasteiger partial charge on any atom is -0.495 e. The fourth-order valence-electron chi connectivity index (χ4n) is 3.41. The largest absolute Gasteiger partial charge is 0.495 e. The van der Waals surface area contributed by atoms with Crippen molar-refractivity contribution in [2.75, 3.05) is 30.4 Å². The molecule has 0 saturated carbocycles. The summed E-state index contributed by atoms with van der Waals surface area (Å²) in [6.07, 6.45) is 6.66. The number of carbonyl (C=O) groups excluding carboxylic acids is 1. The molecule has 1 aliphatic rings. The van der Waals surface area contributed by atoms with Crippen molar-refractivity contribution < 1.29 is 9.53 Å². The number of piperidine rings is 1. The predicted octanol–water partition coefficient (Wildman–Crippen LogP) is 3.54. The van der Waals surface area contributed by atoms with Crippen molar-refractivity contribution in [1.29, 1.82) is 0 Å². The fraction of sp³-hybridized carbons (Fsp3) is 0.300. The van der Waals surface area contributed by atoms with Gasteiger partial charge >= 0.3 is 0 Å². The third-order valence-electron chi connectivity index (χ3n) is 4.96. The first-order chi connectivity index (χ1) is 13.6. The van der Waals surface area contributed by atoms with Gasteiger partial charge in [0.1, 0.15) is 11.3 Å². The quantitative estimate of drug-likeness (QED) is 0.725. The van der Waals surface area contributed by atoms with Gasteiger partial charge in [0.05, 0.1) is 24.0 Å². The maximum absolute atomic E-state index is 12.6. The van der Waals surface area contributed by atoms with Crippen molar-refractivity contribution >= 4 is 40.0 Å². The van der Waals surface area contributed by atoms with Gasteiger partial charge in [0.2, 0.25) is 5.91 Å². The summed E-state index contributed by atoms with van der Waals surface area (Å²) in [5.41, 5.74) is 3.10. The second-order valence-electron chi connectivity index (χ2n) is 6.69.